The van der Waals surface area contributed by atoms with E-state index in [4.69, 9.17) is 10.5 Å². The molecule has 0 saturated carbocycles. The van der Waals surface area contributed by atoms with Gasteiger partial charge in [-0.3, -0.25) is 0 Å². The molecular weight excluding hydrogens is 169 g/mol. The number of hydrogen-bond acceptors (Lipinski definition) is 2. The molecule has 2 atom stereocenters. The van der Waals surface area contributed by atoms with E-state index in [2.05, 4.69) is 0 Å². The molecule has 2 nitrogen and oxygen atoms in total. The summed E-state index contributed by atoms with van der Waals surface area (Å²) in [5.41, 5.74) is 5.26. The zero-order chi connectivity index (χ0) is 9.52. The van der Waals surface area contributed by atoms with E-state index >= 15 is 0 Å². The van der Waals surface area contributed by atoms with Crippen LogP contribution in [0.25, 0.3) is 0 Å². The van der Waals surface area contributed by atoms with Crippen LogP contribution >= 0.6 is 0 Å². The molecule has 2 unspecified atom stereocenters. The highest BCUT2D eigenvalue weighted by atomic mass is 19.1. The first kappa shape index (κ1) is 10.9. The quantitative estimate of drug-likeness (QED) is 0.693. The van der Waals surface area contributed by atoms with Crippen molar-refractivity contribution < 1.29 is 9.13 Å². The molecular formula is C10H20FNO. The third-order valence-electron chi connectivity index (χ3n) is 2.55. The molecule has 1 fully saturated rings. The molecule has 0 aliphatic carbocycles. The van der Waals surface area contributed by atoms with Crippen molar-refractivity contribution in [1.82, 2.24) is 0 Å². The first-order valence-corrected chi connectivity index (χ1v) is 5.28. The van der Waals surface area contributed by atoms with Crippen molar-refractivity contribution in [3.63, 3.8) is 0 Å². The minimum Gasteiger partial charge on any atom is -0.378 e. The highest BCUT2D eigenvalue weighted by Gasteiger charge is 2.15. The highest BCUT2D eigenvalue weighted by molar-refractivity contribution is 4.66. The van der Waals surface area contributed by atoms with Crippen LogP contribution in [0.4, 0.5) is 4.39 Å². The molecule has 0 radical (unpaired) electrons. The van der Waals surface area contributed by atoms with Gasteiger partial charge in [0.05, 0.1) is 6.10 Å². The fraction of sp³-hybridized carbons (Fsp3) is 1.00. The van der Waals surface area contributed by atoms with E-state index in [0.717, 1.165) is 25.9 Å². The van der Waals surface area contributed by atoms with Gasteiger partial charge in [0.15, 0.2) is 0 Å². The summed E-state index contributed by atoms with van der Waals surface area (Å²) in [6.07, 6.45) is 5.15. The molecule has 1 heterocycles. The molecule has 0 aromatic heterocycles. The Hall–Kier alpha value is -0.150. The molecule has 0 aromatic rings. The molecule has 0 aromatic carbocycles. The van der Waals surface area contributed by atoms with Crippen LogP contribution < -0.4 is 5.73 Å². The van der Waals surface area contributed by atoms with Gasteiger partial charge in [-0.05, 0) is 45.1 Å². The second-order valence-electron chi connectivity index (χ2n) is 3.74. The minimum absolute atomic E-state index is 0.407. The maximum atomic E-state index is 13.0. The van der Waals surface area contributed by atoms with Crippen LogP contribution in [0.1, 0.15) is 38.5 Å². The SMILES string of the molecule is NCCC(F)CCCC1CCCO1. The monoisotopic (exact) mass is 189 g/mol. The number of nitrogens with two attached hydrogens (primary N) is 1. The molecule has 1 rings (SSSR count). The molecule has 0 amide bonds. The Kier molecular flexibility index (Phi) is 5.32. The standard InChI is InChI=1S/C10H20FNO/c11-9(6-7-12)3-1-4-10-5-2-8-13-10/h9-10H,1-8,12H2. The van der Waals surface area contributed by atoms with Crippen molar-refractivity contribution >= 4 is 0 Å². The normalized spacial score (nSPS) is 24.9. The van der Waals surface area contributed by atoms with E-state index < -0.39 is 6.17 Å². The van der Waals surface area contributed by atoms with E-state index in [1.54, 1.807) is 0 Å². The maximum Gasteiger partial charge on any atom is 0.101 e. The van der Waals surface area contributed by atoms with Crippen molar-refractivity contribution in [2.75, 3.05) is 13.2 Å². The number of ether oxygens (including phenoxy) is 1. The topological polar surface area (TPSA) is 35.2 Å². The Labute approximate surface area is 79.6 Å². The number of rotatable bonds is 6. The van der Waals surface area contributed by atoms with E-state index in [-0.39, 0.29) is 0 Å². The summed E-state index contributed by atoms with van der Waals surface area (Å²) in [4.78, 5) is 0. The summed E-state index contributed by atoms with van der Waals surface area (Å²) < 4.78 is 18.4. The van der Waals surface area contributed by atoms with Gasteiger partial charge in [0.1, 0.15) is 6.17 Å². The van der Waals surface area contributed by atoms with Gasteiger partial charge in [0, 0.05) is 6.61 Å². The van der Waals surface area contributed by atoms with E-state index in [0.29, 0.717) is 25.5 Å². The molecule has 13 heavy (non-hydrogen) atoms. The molecule has 0 bridgehead atoms. The van der Waals surface area contributed by atoms with Crippen LogP contribution in [-0.4, -0.2) is 25.4 Å². The average Bonchev–Trinajstić information content (AvgIpc) is 2.57. The summed E-state index contributed by atoms with van der Waals surface area (Å²) in [6.45, 7) is 1.35. The Balaban J connectivity index is 1.93. The predicted molar refractivity (Wildman–Crippen MR) is 51.4 cm³/mol. The molecule has 78 valence electrons. The Morgan fingerprint density at radius 3 is 2.92 bits per heavy atom. The van der Waals surface area contributed by atoms with E-state index in [9.17, 15) is 4.39 Å². The van der Waals surface area contributed by atoms with Crippen LogP contribution in [0.2, 0.25) is 0 Å². The van der Waals surface area contributed by atoms with Crippen molar-refractivity contribution in [2.24, 2.45) is 5.73 Å². The van der Waals surface area contributed by atoms with E-state index in [1.165, 1.54) is 6.42 Å². The van der Waals surface area contributed by atoms with Gasteiger partial charge in [-0.1, -0.05) is 0 Å². The van der Waals surface area contributed by atoms with Gasteiger partial charge in [0.25, 0.3) is 0 Å². The van der Waals surface area contributed by atoms with Gasteiger partial charge in [-0.15, -0.1) is 0 Å². The fourth-order valence-electron chi connectivity index (χ4n) is 1.76. The molecule has 0 spiro atoms. The first-order valence-electron chi connectivity index (χ1n) is 5.28. The maximum absolute atomic E-state index is 13.0. The molecule has 3 heteroatoms. The van der Waals surface area contributed by atoms with Crippen LogP contribution in [0.15, 0.2) is 0 Å². The van der Waals surface area contributed by atoms with Crippen LogP contribution in [-0.2, 0) is 4.74 Å². The average molecular weight is 189 g/mol. The largest absolute Gasteiger partial charge is 0.378 e. The van der Waals surface area contributed by atoms with Gasteiger partial charge in [-0.2, -0.15) is 0 Å². The van der Waals surface area contributed by atoms with Crippen molar-refractivity contribution in [3.05, 3.63) is 0 Å². The highest BCUT2D eigenvalue weighted by Crippen LogP contribution is 2.19. The predicted octanol–water partition coefficient (Wildman–Crippen LogP) is 2.02. The van der Waals surface area contributed by atoms with Crippen molar-refractivity contribution in [1.29, 1.82) is 0 Å². The summed E-state index contributed by atoms with van der Waals surface area (Å²) >= 11 is 0. The second-order valence-corrected chi connectivity index (χ2v) is 3.74. The fourth-order valence-corrected chi connectivity index (χ4v) is 1.76. The minimum atomic E-state index is -0.702. The Bertz CT molecular complexity index is 126. The number of alkyl halides is 1. The van der Waals surface area contributed by atoms with Crippen LogP contribution in [0, 0.1) is 0 Å². The van der Waals surface area contributed by atoms with Crippen LogP contribution in [0.5, 0.6) is 0 Å². The van der Waals surface area contributed by atoms with E-state index in [1.807, 2.05) is 0 Å². The zero-order valence-electron chi connectivity index (χ0n) is 8.18. The number of hydrogen-bond donors (Lipinski definition) is 1. The zero-order valence-corrected chi connectivity index (χ0v) is 8.18. The summed E-state index contributed by atoms with van der Waals surface area (Å²) in [7, 11) is 0. The second kappa shape index (κ2) is 6.33. The van der Waals surface area contributed by atoms with Gasteiger partial charge in [0.2, 0.25) is 0 Å². The summed E-state index contributed by atoms with van der Waals surface area (Å²) in [5, 5.41) is 0. The third kappa shape index (κ3) is 4.58. The lowest BCUT2D eigenvalue weighted by atomic mass is 10.1. The lowest BCUT2D eigenvalue weighted by Crippen LogP contribution is -2.11. The van der Waals surface area contributed by atoms with Crippen molar-refractivity contribution in [2.45, 2.75) is 50.8 Å². The Morgan fingerprint density at radius 2 is 2.31 bits per heavy atom. The third-order valence-corrected chi connectivity index (χ3v) is 2.55. The van der Waals surface area contributed by atoms with Crippen molar-refractivity contribution in [3.8, 4) is 0 Å². The van der Waals surface area contributed by atoms with Gasteiger partial charge < -0.3 is 10.5 Å². The molecule has 2 N–H and O–H groups in total. The van der Waals surface area contributed by atoms with Gasteiger partial charge in [-0.25, -0.2) is 4.39 Å². The summed E-state index contributed by atoms with van der Waals surface area (Å²) in [6, 6.07) is 0. The molecule has 1 aliphatic heterocycles. The summed E-state index contributed by atoms with van der Waals surface area (Å²) in [5.74, 6) is 0. The molecule has 1 aliphatic rings. The van der Waals surface area contributed by atoms with Crippen LogP contribution in [0.3, 0.4) is 0 Å². The smallest absolute Gasteiger partial charge is 0.101 e. The first-order chi connectivity index (χ1) is 6.33. The molecule has 1 saturated heterocycles. The van der Waals surface area contributed by atoms with Gasteiger partial charge >= 0.3 is 0 Å². The lowest BCUT2D eigenvalue weighted by molar-refractivity contribution is 0.0996. The lowest BCUT2D eigenvalue weighted by Gasteiger charge is -2.10. The number of halogens is 1. The Morgan fingerprint density at radius 1 is 1.46 bits per heavy atom.